The molecule has 1 aliphatic carbocycles. The van der Waals surface area contributed by atoms with Crippen LogP contribution in [0, 0.1) is 11.7 Å². The first kappa shape index (κ1) is 24.3. The Labute approximate surface area is 221 Å². The predicted molar refractivity (Wildman–Crippen MR) is 143 cm³/mol. The third-order valence-corrected chi connectivity index (χ3v) is 9.06. The van der Waals surface area contributed by atoms with E-state index >= 15 is 0 Å². The Morgan fingerprint density at radius 3 is 2.51 bits per heavy atom. The molecule has 1 saturated heterocycles. The second-order valence-electron chi connectivity index (χ2n) is 10.4. The highest BCUT2D eigenvalue weighted by Crippen LogP contribution is 2.48. The molecule has 2 aliphatic heterocycles. The van der Waals surface area contributed by atoms with Gasteiger partial charge in [-0.1, -0.05) is 42.5 Å². The average Bonchev–Trinajstić information content (AvgIpc) is 3.64. The summed E-state index contributed by atoms with van der Waals surface area (Å²) in [5, 5.41) is 2.09. The molecule has 2 aromatic carbocycles. The van der Waals surface area contributed by atoms with Gasteiger partial charge in [-0.25, -0.2) is 4.39 Å². The monoisotopic (exact) mass is 517 g/mol. The van der Waals surface area contributed by atoms with Gasteiger partial charge in [0.05, 0.1) is 12.6 Å². The lowest BCUT2D eigenvalue weighted by Crippen LogP contribution is -2.45. The normalized spacial score (nSPS) is 23.9. The molecule has 7 heteroatoms. The van der Waals surface area contributed by atoms with E-state index in [1.54, 1.807) is 23.5 Å². The summed E-state index contributed by atoms with van der Waals surface area (Å²) in [6, 6.07) is 19.0. The van der Waals surface area contributed by atoms with E-state index in [2.05, 4.69) is 28.5 Å². The molecule has 3 aromatic rings. The van der Waals surface area contributed by atoms with Crippen LogP contribution in [-0.2, 0) is 16.0 Å². The molecule has 0 bridgehead atoms. The fourth-order valence-corrected chi connectivity index (χ4v) is 6.94. The van der Waals surface area contributed by atoms with E-state index < -0.39 is 0 Å². The number of fused-ring (bicyclic) bond motifs is 1. The van der Waals surface area contributed by atoms with Gasteiger partial charge < -0.3 is 9.80 Å². The molecule has 1 aromatic heterocycles. The quantitative estimate of drug-likeness (QED) is 0.493. The van der Waals surface area contributed by atoms with Crippen molar-refractivity contribution in [3.8, 4) is 0 Å². The smallest absolute Gasteiger partial charge is 0.236 e. The fraction of sp³-hybridized carbons (Fsp3) is 0.400. The molecule has 1 saturated carbocycles. The van der Waals surface area contributed by atoms with Crippen LogP contribution >= 0.6 is 11.3 Å². The van der Waals surface area contributed by atoms with Crippen LogP contribution < -0.4 is 0 Å². The molecule has 2 amide bonds. The molecule has 0 N–H and O–H groups in total. The van der Waals surface area contributed by atoms with Gasteiger partial charge >= 0.3 is 0 Å². The predicted octanol–water partition coefficient (Wildman–Crippen LogP) is 4.70. The van der Waals surface area contributed by atoms with Crippen molar-refractivity contribution in [3.63, 3.8) is 0 Å². The second-order valence-corrected chi connectivity index (χ2v) is 11.4. The first-order valence-corrected chi connectivity index (χ1v) is 14.1. The third-order valence-electron chi connectivity index (χ3n) is 8.06. The Bertz CT molecular complexity index is 1280. The van der Waals surface area contributed by atoms with Crippen LogP contribution in [-0.4, -0.2) is 65.8 Å². The van der Waals surface area contributed by atoms with Crippen LogP contribution in [0.3, 0.4) is 0 Å². The highest BCUT2D eigenvalue weighted by Gasteiger charge is 2.45. The first-order valence-electron chi connectivity index (χ1n) is 13.3. The van der Waals surface area contributed by atoms with Gasteiger partial charge in [-0.3, -0.25) is 14.5 Å². The van der Waals surface area contributed by atoms with E-state index in [0.29, 0.717) is 38.6 Å². The van der Waals surface area contributed by atoms with Gasteiger partial charge in [-0.05, 0) is 65.4 Å². The van der Waals surface area contributed by atoms with Gasteiger partial charge in [0.1, 0.15) is 5.82 Å². The Balaban J connectivity index is 1.10. The summed E-state index contributed by atoms with van der Waals surface area (Å²) in [5.74, 6) is 0.465. The SMILES string of the molecule is O=C(CN1CCc2sccc2[C@H]1c1cccc(F)c1)N1CCCN(C(=O)[C@@H]2C[C@H]2c2ccccc2)CC1. The van der Waals surface area contributed by atoms with E-state index in [1.165, 1.54) is 22.1 Å². The number of hydrogen-bond donors (Lipinski definition) is 0. The topological polar surface area (TPSA) is 43.9 Å². The molecule has 5 nitrogen and oxygen atoms in total. The maximum absolute atomic E-state index is 14.1. The molecule has 2 fully saturated rings. The molecule has 192 valence electrons. The van der Waals surface area contributed by atoms with Crippen LogP contribution in [0.4, 0.5) is 4.39 Å². The van der Waals surface area contributed by atoms with E-state index in [4.69, 9.17) is 0 Å². The summed E-state index contributed by atoms with van der Waals surface area (Å²) in [6.07, 6.45) is 2.61. The van der Waals surface area contributed by atoms with Crippen molar-refractivity contribution < 1.29 is 14.0 Å². The van der Waals surface area contributed by atoms with Gasteiger partial charge in [0.2, 0.25) is 11.8 Å². The van der Waals surface area contributed by atoms with Gasteiger partial charge in [0, 0.05) is 43.5 Å². The summed E-state index contributed by atoms with van der Waals surface area (Å²) in [7, 11) is 0. The van der Waals surface area contributed by atoms with Gasteiger partial charge in [-0.15, -0.1) is 11.3 Å². The fourth-order valence-electron chi connectivity index (χ4n) is 6.04. The molecule has 0 radical (unpaired) electrons. The zero-order chi connectivity index (χ0) is 25.4. The standard InChI is InChI=1S/C30H32FN3O2S/c31-23-9-4-8-22(18-23)29-24-11-17-37-27(24)10-14-34(29)20-28(35)32-12-5-13-33(16-15-32)30(36)26-19-25(26)21-6-2-1-3-7-21/h1-4,6-9,11,17-18,25-26,29H,5,10,12-16,19-20H2/t25-,26+,29+/m0/s1. The average molecular weight is 518 g/mol. The molecule has 0 unspecified atom stereocenters. The van der Waals surface area contributed by atoms with Crippen molar-refractivity contribution in [1.82, 2.24) is 14.7 Å². The molecule has 6 rings (SSSR count). The first-order chi connectivity index (χ1) is 18.1. The van der Waals surface area contributed by atoms with Crippen LogP contribution in [0.25, 0.3) is 0 Å². The molecule has 3 atom stereocenters. The Morgan fingerprint density at radius 2 is 1.68 bits per heavy atom. The lowest BCUT2D eigenvalue weighted by atomic mass is 9.93. The van der Waals surface area contributed by atoms with Crippen molar-refractivity contribution in [2.24, 2.45) is 5.92 Å². The number of thiophene rings is 1. The number of carbonyl (C=O) groups excluding carboxylic acids is 2. The lowest BCUT2D eigenvalue weighted by molar-refractivity contribution is -0.135. The van der Waals surface area contributed by atoms with Gasteiger partial charge in [-0.2, -0.15) is 0 Å². The minimum absolute atomic E-state index is 0.0739. The number of rotatable bonds is 5. The van der Waals surface area contributed by atoms with Crippen molar-refractivity contribution in [2.75, 3.05) is 39.3 Å². The molecule has 3 aliphatic rings. The number of amides is 2. The summed E-state index contributed by atoms with van der Waals surface area (Å²) in [5.41, 5.74) is 3.31. The molecular formula is C30H32FN3O2S. The molecule has 0 spiro atoms. The van der Waals surface area contributed by atoms with Crippen molar-refractivity contribution in [2.45, 2.75) is 31.2 Å². The number of benzene rings is 2. The van der Waals surface area contributed by atoms with Crippen LogP contribution in [0.15, 0.2) is 66.0 Å². The van der Waals surface area contributed by atoms with E-state index in [1.807, 2.05) is 34.1 Å². The zero-order valence-electron chi connectivity index (χ0n) is 20.9. The number of nitrogens with zero attached hydrogens (tertiary/aromatic N) is 3. The van der Waals surface area contributed by atoms with Gasteiger partial charge in [0.15, 0.2) is 0 Å². The summed E-state index contributed by atoms with van der Waals surface area (Å²) >= 11 is 1.74. The third kappa shape index (κ3) is 5.07. The number of halogens is 1. The second kappa shape index (κ2) is 10.4. The van der Waals surface area contributed by atoms with E-state index in [-0.39, 0.29) is 29.6 Å². The van der Waals surface area contributed by atoms with Crippen LogP contribution in [0.2, 0.25) is 0 Å². The van der Waals surface area contributed by atoms with Gasteiger partial charge in [0.25, 0.3) is 0 Å². The maximum Gasteiger partial charge on any atom is 0.236 e. The molecular weight excluding hydrogens is 485 g/mol. The Hall–Kier alpha value is -3.03. The van der Waals surface area contributed by atoms with Crippen molar-refractivity contribution >= 4 is 23.2 Å². The highest BCUT2D eigenvalue weighted by molar-refractivity contribution is 7.10. The van der Waals surface area contributed by atoms with Crippen molar-refractivity contribution in [1.29, 1.82) is 0 Å². The lowest BCUT2D eigenvalue weighted by Gasteiger charge is -2.37. The summed E-state index contributed by atoms with van der Waals surface area (Å²) in [6.45, 7) is 3.58. The maximum atomic E-state index is 14.1. The number of carbonyl (C=O) groups is 2. The Kier molecular flexibility index (Phi) is 6.82. The van der Waals surface area contributed by atoms with Crippen LogP contribution in [0.1, 0.15) is 46.4 Å². The van der Waals surface area contributed by atoms with Crippen molar-refractivity contribution in [3.05, 3.63) is 93.4 Å². The molecule has 37 heavy (non-hydrogen) atoms. The van der Waals surface area contributed by atoms with Crippen LogP contribution in [0.5, 0.6) is 0 Å². The largest absolute Gasteiger partial charge is 0.341 e. The summed E-state index contributed by atoms with van der Waals surface area (Å²) in [4.78, 5) is 34.1. The van der Waals surface area contributed by atoms with E-state index in [9.17, 15) is 14.0 Å². The minimum atomic E-state index is -0.256. The zero-order valence-corrected chi connectivity index (χ0v) is 21.7. The highest BCUT2D eigenvalue weighted by atomic mass is 32.1. The number of hydrogen-bond acceptors (Lipinski definition) is 4. The molecule has 3 heterocycles. The Morgan fingerprint density at radius 1 is 0.892 bits per heavy atom. The van der Waals surface area contributed by atoms with E-state index in [0.717, 1.165) is 31.4 Å². The summed E-state index contributed by atoms with van der Waals surface area (Å²) < 4.78 is 14.1. The minimum Gasteiger partial charge on any atom is -0.341 e.